The van der Waals surface area contributed by atoms with Crippen LogP contribution in [0, 0.1) is 12.3 Å². The number of para-hydroxylation sites is 1. The molecule has 28 heavy (non-hydrogen) atoms. The van der Waals surface area contributed by atoms with Crippen molar-refractivity contribution >= 4 is 27.5 Å². The number of aromatic nitrogens is 1. The second kappa shape index (κ2) is 7.98. The highest BCUT2D eigenvalue weighted by Gasteiger charge is 2.39. The maximum absolute atomic E-state index is 12.6. The van der Waals surface area contributed by atoms with Gasteiger partial charge in [0, 0.05) is 51.9 Å². The molecule has 3 heterocycles. The molecule has 1 atom stereocenters. The van der Waals surface area contributed by atoms with Gasteiger partial charge in [-0.25, -0.2) is 4.98 Å². The third kappa shape index (κ3) is 4.08. The Bertz CT molecular complexity index is 883. The molecule has 2 aromatic rings. The van der Waals surface area contributed by atoms with Gasteiger partial charge in [-0.3, -0.25) is 9.69 Å². The summed E-state index contributed by atoms with van der Waals surface area (Å²) >= 11 is 1.76. The van der Waals surface area contributed by atoms with Crippen molar-refractivity contribution in [3.8, 4) is 12.3 Å². The third-order valence-corrected chi connectivity index (χ3v) is 6.88. The molecule has 0 spiro atoms. The van der Waals surface area contributed by atoms with Gasteiger partial charge in [0.2, 0.25) is 5.91 Å². The molecule has 1 aromatic carbocycles. The highest BCUT2D eigenvalue weighted by molar-refractivity contribution is 7.18. The van der Waals surface area contributed by atoms with Crippen molar-refractivity contribution in [2.75, 3.05) is 26.2 Å². The summed E-state index contributed by atoms with van der Waals surface area (Å²) < 4.78 is 1.23. The Morgan fingerprint density at radius 2 is 2.00 bits per heavy atom. The van der Waals surface area contributed by atoms with E-state index in [4.69, 9.17) is 11.4 Å². The fourth-order valence-corrected chi connectivity index (χ4v) is 4.77. The molecule has 7 heteroatoms. The van der Waals surface area contributed by atoms with Crippen molar-refractivity contribution < 1.29 is 4.79 Å². The molecule has 2 aliphatic rings. The van der Waals surface area contributed by atoms with E-state index < -0.39 is 0 Å². The molecule has 4 rings (SSSR count). The van der Waals surface area contributed by atoms with Crippen LogP contribution < -0.4 is 0 Å². The van der Waals surface area contributed by atoms with Gasteiger partial charge in [-0.15, -0.1) is 23.7 Å². The van der Waals surface area contributed by atoms with Gasteiger partial charge >= 0.3 is 0 Å². The molecular weight excluding hydrogens is 370 g/mol. The molecule has 1 aromatic heterocycles. The second-order valence-electron chi connectivity index (χ2n) is 7.50. The van der Waals surface area contributed by atoms with Gasteiger partial charge < -0.3 is 4.90 Å². The first-order valence-corrected chi connectivity index (χ1v) is 10.7. The summed E-state index contributed by atoms with van der Waals surface area (Å²) in [6.07, 6.45) is 7.90. The zero-order chi connectivity index (χ0) is 19.6. The first-order chi connectivity index (χ1) is 13.6. The van der Waals surface area contributed by atoms with Gasteiger partial charge in [0.15, 0.2) is 5.66 Å². The van der Waals surface area contributed by atoms with Gasteiger partial charge in [0.05, 0.1) is 16.3 Å². The van der Waals surface area contributed by atoms with Crippen LogP contribution in [0.4, 0.5) is 0 Å². The number of thiazole rings is 1. The topological polar surface area (TPSA) is 61.2 Å². The van der Waals surface area contributed by atoms with Crippen LogP contribution in [0.2, 0.25) is 0 Å². The van der Waals surface area contributed by atoms with Gasteiger partial charge in [-0.2, -0.15) is 10.2 Å². The molecule has 1 amide bonds. The number of terminal acetylenes is 1. The number of hydrogen-bond donors (Lipinski definition) is 0. The molecule has 1 saturated heterocycles. The molecule has 1 unspecified atom stereocenters. The monoisotopic (exact) mass is 395 g/mol. The lowest BCUT2D eigenvalue weighted by Crippen LogP contribution is -2.49. The predicted molar refractivity (Wildman–Crippen MR) is 111 cm³/mol. The van der Waals surface area contributed by atoms with E-state index in [0.717, 1.165) is 43.1 Å². The van der Waals surface area contributed by atoms with Crippen LogP contribution in [0.3, 0.4) is 0 Å². The van der Waals surface area contributed by atoms with E-state index in [1.807, 2.05) is 11.0 Å². The molecule has 1 fully saturated rings. The fourth-order valence-electron chi connectivity index (χ4n) is 3.72. The predicted octanol–water partition coefficient (Wildman–Crippen LogP) is 3.86. The minimum Gasteiger partial charge on any atom is -0.340 e. The van der Waals surface area contributed by atoms with Crippen molar-refractivity contribution in [1.29, 1.82) is 0 Å². The lowest BCUT2D eigenvalue weighted by Gasteiger charge is -2.37. The highest BCUT2D eigenvalue weighted by Crippen LogP contribution is 2.38. The first-order valence-electron chi connectivity index (χ1n) is 9.85. The summed E-state index contributed by atoms with van der Waals surface area (Å²) in [5, 5.41) is 9.39. The lowest BCUT2D eigenvalue weighted by molar-refractivity contribution is -0.133. The van der Waals surface area contributed by atoms with Crippen molar-refractivity contribution in [1.82, 2.24) is 14.8 Å². The largest absolute Gasteiger partial charge is 0.340 e. The first kappa shape index (κ1) is 19.0. The number of hydrogen-bond acceptors (Lipinski definition) is 6. The van der Waals surface area contributed by atoms with Gasteiger partial charge in [-0.1, -0.05) is 12.1 Å². The Balaban J connectivity index is 1.27. The Morgan fingerprint density at radius 1 is 1.25 bits per heavy atom. The number of benzene rings is 1. The highest BCUT2D eigenvalue weighted by atomic mass is 32.1. The van der Waals surface area contributed by atoms with E-state index in [-0.39, 0.29) is 17.6 Å². The quantitative estimate of drug-likeness (QED) is 0.669. The Kier molecular flexibility index (Phi) is 5.42. The van der Waals surface area contributed by atoms with Gasteiger partial charge in [0.1, 0.15) is 5.01 Å². The summed E-state index contributed by atoms with van der Waals surface area (Å²) in [6.45, 7) is 5.49. The molecule has 146 valence electrons. The zero-order valence-electron chi connectivity index (χ0n) is 16.2. The summed E-state index contributed by atoms with van der Waals surface area (Å²) in [5.74, 6) is 2.83. The normalized spacial score (nSPS) is 19.5. The number of nitrogens with zero attached hydrogens (tertiary/aromatic N) is 5. The van der Waals surface area contributed by atoms with Crippen LogP contribution >= 0.6 is 11.3 Å². The molecule has 0 N–H and O–H groups in total. The average molecular weight is 396 g/mol. The number of rotatable bonds is 7. The number of piperazine rings is 1. The Hall–Kier alpha value is -2.30. The van der Waals surface area contributed by atoms with Crippen molar-refractivity contribution in [2.24, 2.45) is 10.2 Å². The molecule has 0 bridgehead atoms. The van der Waals surface area contributed by atoms with Crippen LogP contribution in [-0.4, -0.2) is 52.5 Å². The Morgan fingerprint density at radius 3 is 2.68 bits per heavy atom. The van der Waals surface area contributed by atoms with Gasteiger partial charge in [-0.05, 0) is 19.1 Å². The van der Waals surface area contributed by atoms with E-state index in [1.54, 1.807) is 11.3 Å². The third-order valence-electron chi connectivity index (χ3n) is 5.67. The summed E-state index contributed by atoms with van der Waals surface area (Å²) in [7, 11) is 0. The van der Waals surface area contributed by atoms with Gasteiger partial charge in [0.25, 0.3) is 0 Å². The number of carbonyl (C=O) groups excluding carboxylic acids is 1. The summed E-state index contributed by atoms with van der Waals surface area (Å²) in [4.78, 5) is 21.8. The summed E-state index contributed by atoms with van der Waals surface area (Å²) in [5.41, 5.74) is 0.698. The molecule has 0 saturated carbocycles. The minimum atomic E-state index is -0.370. The van der Waals surface area contributed by atoms with E-state index in [2.05, 4.69) is 46.2 Å². The molecule has 0 aliphatic carbocycles. The maximum atomic E-state index is 12.6. The Labute approximate surface area is 169 Å². The SMILES string of the molecule is C#CCCC1(CCC(=O)N2CCN(C(C)c3nc4ccccc4s3)CC2)N=N1. The zero-order valence-corrected chi connectivity index (χ0v) is 17.0. The molecule has 6 nitrogen and oxygen atoms in total. The van der Waals surface area contributed by atoms with E-state index in [9.17, 15) is 4.79 Å². The van der Waals surface area contributed by atoms with Crippen LogP contribution in [0.15, 0.2) is 34.5 Å². The van der Waals surface area contributed by atoms with E-state index >= 15 is 0 Å². The van der Waals surface area contributed by atoms with Crippen molar-refractivity contribution in [2.45, 2.75) is 44.3 Å². The maximum Gasteiger partial charge on any atom is 0.222 e. The van der Waals surface area contributed by atoms with Crippen LogP contribution in [0.1, 0.15) is 43.7 Å². The molecule has 0 radical (unpaired) electrons. The molecular formula is C21H25N5OS. The minimum absolute atomic E-state index is 0.199. The van der Waals surface area contributed by atoms with Crippen molar-refractivity contribution in [3.63, 3.8) is 0 Å². The van der Waals surface area contributed by atoms with Crippen LogP contribution in [-0.2, 0) is 4.79 Å². The smallest absolute Gasteiger partial charge is 0.222 e. The number of fused-ring (bicyclic) bond motifs is 1. The second-order valence-corrected chi connectivity index (χ2v) is 8.56. The number of carbonyl (C=O) groups is 1. The summed E-state index contributed by atoms with van der Waals surface area (Å²) in [6, 6.07) is 8.53. The van der Waals surface area contributed by atoms with Crippen LogP contribution in [0.5, 0.6) is 0 Å². The fraction of sp³-hybridized carbons (Fsp3) is 0.524. The average Bonchev–Trinajstić information content (AvgIpc) is 3.37. The molecule has 2 aliphatic heterocycles. The van der Waals surface area contributed by atoms with E-state index in [1.165, 1.54) is 4.70 Å². The standard InChI is InChI=1S/C21H25N5OS/c1-3-4-10-21(23-24-21)11-9-19(27)26-14-12-25(13-15-26)16(2)20-22-17-7-5-6-8-18(17)28-20/h1,5-8,16H,4,9-15H2,2H3. The van der Waals surface area contributed by atoms with Crippen molar-refractivity contribution in [3.05, 3.63) is 29.3 Å². The van der Waals surface area contributed by atoms with Crippen LogP contribution in [0.25, 0.3) is 10.2 Å². The van der Waals surface area contributed by atoms with E-state index in [0.29, 0.717) is 19.3 Å². The number of amides is 1. The lowest BCUT2D eigenvalue weighted by atomic mass is 10.0.